The molecule has 2 aliphatic rings. The first-order valence-electron chi connectivity index (χ1n) is 9.72. The first-order chi connectivity index (χ1) is 14.0. The average Bonchev–Trinajstić information content (AvgIpc) is 3.50. The quantitative estimate of drug-likeness (QED) is 0.679. The summed E-state index contributed by atoms with van der Waals surface area (Å²) in [5.41, 5.74) is 1.78. The zero-order valence-corrected chi connectivity index (χ0v) is 16.0. The number of hydrogen-bond donors (Lipinski definition) is 0. The number of carbonyl (C=O) groups excluding carboxylic acids is 1. The number of carbonyl (C=O) groups is 1. The average molecular weight is 398 g/mol. The fourth-order valence-corrected chi connectivity index (χ4v) is 3.88. The van der Waals surface area contributed by atoms with Gasteiger partial charge in [0.05, 0.1) is 17.2 Å². The van der Waals surface area contributed by atoms with Crippen LogP contribution in [0.5, 0.6) is 0 Å². The maximum atomic E-state index is 13.8. The molecule has 2 aromatic heterocycles. The van der Waals surface area contributed by atoms with Crippen LogP contribution in [0.4, 0.5) is 14.6 Å². The second-order valence-corrected chi connectivity index (χ2v) is 7.59. The molecule has 1 aliphatic heterocycles. The number of rotatable bonds is 3. The van der Waals surface area contributed by atoms with Crippen molar-refractivity contribution in [3.05, 3.63) is 36.0 Å². The van der Waals surface area contributed by atoms with Crippen molar-refractivity contribution < 1.29 is 13.6 Å². The molecule has 150 valence electrons. The van der Waals surface area contributed by atoms with E-state index in [0.29, 0.717) is 48.9 Å². The lowest BCUT2D eigenvalue weighted by atomic mass is 10.2. The maximum absolute atomic E-state index is 13.8. The van der Waals surface area contributed by atoms with Gasteiger partial charge in [0.25, 0.3) is 0 Å². The van der Waals surface area contributed by atoms with E-state index >= 15 is 0 Å². The van der Waals surface area contributed by atoms with E-state index in [1.165, 1.54) is 6.07 Å². The van der Waals surface area contributed by atoms with Gasteiger partial charge in [0.2, 0.25) is 5.91 Å². The van der Waals surface area contributed by atoms with Crippen LogP contribution in [0, 0.1) is 11.6 Å². The summed E-state index contributed by atoms with van der Waals surface area (Å²) in [4.78, 5) is 20.0. The molecule has 0 unspecified atom stereocenters. The van der Waals surface area contributed by atoms with Crippen LogP contribution in [-0.4, -0.2) is 56.7 Å². The van der Waals surface area contributed by atoms with Gasteiger partial charge in [-0.1, -0.05) is 0 Å². The minimum absolute atomic E-state index is 0.0714. The molecule has 0 bridgehead atoms. The van der Waals surface area contributed by atoms with E-state index in [-0.39, 0.29) is 11.9 Å². The van der Waals surface area contributed by atoms with Gasteiger partial charge in [0.1, 0.15) is 5.82 Å². The maximum Gasteiger partial charge on any atom is 0.219 e. The Kier molecular flexibility index (Phi) is 4.18. The van der Waals surface area contributed by atoms with Crippen molar-refractivity contribution >= 4 is 22.8 Å². The minimum atomic E-state index is -0.901. The van der Waals surface area contributed by atoms with Crippen LogP contribution in [0.25, 0.3) is 22.4 Å². The Bertz CT molecular complexity index is 1100. The van der Waals surface area contributed by atoms with Crippen LogP contribution in [0.1, 0.15) is 25.8 Å². The standard InChI is InChI=1S/C20H20F2N6O/c1-12(29)26-4-6-27(7-5-26)19-8-13(11-23-25-19)20-24-17-9-15(21)16(22)10-18(17)28(20)14-2-3-14/h8-11,14H,2-7H2,1H3. The molecule has 5 rings (SSSR count). The van der Waals surface area contributed by atoms with Crippen LogP contribution < -0.4 is 4.90 Å². The molecule has 1 amide bonds. The fraction of sp³-hybridized carbons (Fsp3) is 0.400. The number of aromatic nitrogens is 4. The number of fused-ring (bicyclic) bond motifs is 1. The van der Waals surface area contributed by atoms with Crippen molar-refractivity contribution in [1.82, 2.24) is 24.6 Å². The highest BCUT2D eigenvalue weighted by Crippen LogP contribution is 2.41. The minimum Gasteiger partial charge on any atom is -0.352 e. The van der Waals surface area contributed by atoms with Crippen molar-refractivity contribution in [2.24, 2.45) is 0 Å². The van der Waals surface area contributed by atoms with Crippen LogP contribution in [0.3, 0.4) is 0 Å². The van der Waals surface area contributed by atoms with E-state index in [1.807, 2.05) is 15.5 Å². The van der Waals surface area contributed by atoms with Gasteiger partial charge in [-0.05, 0) is 18.9 Å². The first kappa shape index (κ1) is 18.0. The summed E-state index contributed by atoms with van der Waals surface area (Å²) in [5, 5.41) is 8.39. The Labute approximate surface area is 166 Å². The zero-order chi connectivity index (χ0) is 20.1. The van der Waals surface area contributed by atoms with Crippen LogP contribution in [-0.2, 0) is 4.79 Å². The molecule has 0 atom stereocenters. The molecule has 1 saturated carbocycles. The number of hydrogen-bond acceptors (Lipinski definition) is 5. The lowest BCUT2D eigenvalue weighted by molar-refractivity contribution is -0.129. The van der Waals surface area contributed by atoms with Crippen molar-refractivity contribution in [3.8, 4) is 11.4 Å². The van der Waals surface area contributed by atoms with E-state index in [9.17, 15) is 13.6 Å². The summed E-state index contributed by atoms with van der Waals surface area (Å²) in [7, 11) is 0. The van der Waals surface area contributed by atoms with E-state index in [2.05, 4.69) is 20.1 Å². The molecule has 7 nitrogen and oxygen atoms in total. The number of piperazine rings is 1. The SMILES string of the molecule is CC(=O)N1CCN(c2cc(-c3nc4cc(F)c(F)cc4n3C3CC3)cnn2)CC1. The van der Waals surface area contributed by atoms with Gasteiger partial charge in [-0.3, -0.25) is 4.79 Å². The summed E-state index contributed by atoms with van der Waals surface area (Å²) >= 11 is 0. The summed E-state index contributed by atoms with van der Waals surface area (Å²) in [6.45, 7) is 4.20. The molecule has 0 spiro atoms. The number of halogens is 2. The molecule has 1 aliphatic carbocycles. The molecule has 3 aromatic rings. The molecular formula is C20H20F2N6O. The third-order valence-corrected chi connectivity index (χ3v) is 5.59. The number of imidazole rings is 1. The summed E-state index contributed by atoms with van der Waals surface area (Å²) in [6, 6.07) is 4.50. The van der Waals surface area contributed by atoms with E-state index in [1.54, 1.807) is 13.1 Å². The Hall–Kier alpha value is -3.10. The molecule has 1 aromatic carbocycles. The molecule has 3 heterocycles. The highest BCUT2D eigenvalue weighted by molar-refractivity contribution is 5.81. The third-order valence-electron chi connectivity index (χ3n) is 5.59. The highest BCUT2D eigenvalue weighted by Gasteiger charge is 2.30. The molecule has 2 fully saturated rings. The van der Waals surface area contributed by atoms with Crippen LogP contribution >= 0.6 is 0 Å². The lowest BCUT2D eigenvalue weighted by Crippen LogP contribution is -2.48. The first-order valence-corrected chi connectivity index (χ1v) is 9.72. The Balaban J connectivity index is 1.52. The molecule has 1 saturated heterocycles. The van der Waals surface area contributed by atoms with E-state index in [4.69, 9.17) is 0 Å². The third kappa shape index (κ3) is 3.20. The number of nitrogens with zero attached hydrogens (tertiary/aromatic N) is 6. The zero-order valence-electron chi connectivity index (χ0n) is 16.0. The van der Waals surface area contributed by atoms with Crippen molar-refractivity contribution in [2.75, 3.05) is 31.1 Å². The van der Waals surface area contributed by atoms with E-state index < -0.39 is 11.6 Å². The summed E-state index contributed by atoms with van der Waals surface area (Å²) in [5.74, 6) is -0.352. The van der Waals surface area contributed by atoms with Gasteiger partial charge in [-0.25, -0.2) is 13.8 Å². The van der Waals surface area contributed by atoms with Crippen molar-refractivity contribution in [2.45, 2.75) is 25.8 Å². The Morgan fingerprint density at radius 2 is 1.79 bits per heavy atom. The van der Waals surface area contributed by atoms with Gasteiger partial charge >= 0.3 is 0 Å². The molecule has 0 N–H and O–H groups in total. The molecule has 0 radical (unpaired) electrons. The predicted octanol–water partition coefficient (Wildman–Crippen LogP) is 2.77. The lowest BCUT2D eigenvalue weighted by Gasteiger charge is -2.34. The smallest absolute Gasteiger partial charge is 0.219 e. The van der Waals surface area contributed by atoms with Gasteiger partial charge < -0.3 is 14.4 Å². The van der Waals surface area contributed by atoms with Gasteiger partial charge in [0, 0.05) is 56.8 Å². The second-order valence-electron chi connectivity index (χ2n) is 7.59. The monoisotopic (exact) mass is 398 g/mol. The number of benzene rings is 1. The molecule has 9 heteroatoms. The molecule has 29 heavy (non-hydrogen) atoms. The largest absolute Gasteiger partial charge is 0.352 e. The van der Waals surface area contributed by atoms with Crippen molar-refractivity contribution in [3.63, 3.8) is 0 Å². The van der Waals surface area contributed by atoms with Gasteiger partial charge in [-0.2, -0.15) is 5.10 Å². The summed E-state index contributed by atoms with van der Waals surface area (Å²) < 4.78 is 29.5. The highest BCUT2D eigenvalue weighted by atomic mass is 19.2. The van der Waals surface area contributed by atoms with Gasteiger partial charge in [0.15, 0.2) is 17.5 Å². The predicted molar refractivity (Wildman–Crippen MR) is 103 cm³/mol. The topological polar surface area (TPSA) is 67.2 Å². The Morgan fingerprint density at radius 1 is 1.07 bits per heavy atom. The summed E-state index contributed by atoms with van der Waals surface area (Å²) in [6.07, 6.45) is 3.59. The van der Waals surface area contributed by atoms with Crippen molar-refractivity contribution in [1.29, 1.82) is 0 Å². The normalized spacial score (nSPS) is 17.2. The molecular weight excluding hydrogens is 378 g/mol. The fourth-order valence-electron chi connectivity index (χ4n) is 3.88. The number of anilines is 1. The Morgan fingerprint density at radius 3 is 2.48 bits per heavy atom. The second kappa shape index (κ2) is 6.75. The van der Waals surface area contributed by atoms with Crippen LogP contribution in [0.2, 0.25) is 0 Å². The number of amides is 1. The van der Waals surface area contributed by atoms with E-state index in [0.717, 1.165) is 24.5 Å². The van der Waals surface area contributed by atoms with Gasteiger partial charge in [-0.15, -0.1) is 5.10 Å². The van der Waals surface area contributed by atoms with Crippen LogP contribution in [0.15, 0.2) is 24.4 Å².